The molecule has 0 aromatic heterocycles. The summed E-state index contributed by atoms with van der Waals surface area (Å²) in [6, 6.07) is 0.638. The van der Waals surface area contributed by atoms with E-state index in [9.17, 15) is 0 Å². The molecule has 3 nitrogen and oxygen atoms in total. The lowest BCUT2D eigenvalue weighted by molar-refractivity contribution is 0.0801. The van der Waals surface area contributed by atoms with Gasteiger partial charge in [0.1, 0.15) is 0 Å². The maximum atomic E-state index is 5.55. The Labute approximate surface area is 101 Å². The molecule has 0 aliphatic carbocycles. The first kappa shape index (κ1) is 13.9. The van der Waals surface area contributed by atoms with E-state index in [1.54, 1.807) is 0 Å². The number of hydrogen-bond acceptors (Lipinski definition) is 3. The van der Waals surface area contributed by atoms with Crippen LogP contribution in [0.25, 0.3) is 0 Å². The Kier molecular flexibility index (Phi) is 7.01. The summed E-state index contributed by atoms with van der Waals surface area (Å²) < 4.78 is 5.55. The molecule has 3 heteroatoms. The molecule has 0 aromatic rings. The Balaban J connectivity index is 2.17. The number of hydrogen-bond donors (Lipinski definition) is 1. The van der Waals surface area contributed by atoms with Gasteiger partial charge in [-0.3, -0.25) is 0 Å². The Morgan fingerprint density at radius 2 is 2.25 bits per heavy atom. The van der Waals surface area contributed by atoms with Gasteiger partial charge in [-0.05, 0) is 45.7 Å². The fraction of sp³-hybridized carbons (Fsp3) is 1.00. The molecule has 2 atom stereocenters. The molecular weight excluding hydrogens is 200 g/mol. The minimum absolute atomic E-state index is 0.638. The Hall–Kier alpha value is -0.120. The predicted molar refractivity (Wildman–Crippen MR) is 68.8 cm³/mol. The summed E-state index contributed by atoms with van der Waals surface area (Å²) in [5.41, 5.74) is 0. The number of likely N-dealkylation sites (tertiary alicyclic amines) is 1. The SMILES string of the molecule is CCCOCCN1CCCC(C(C)NC)C1. The standard InChI is InChI=1S/C13H28N2O/c1-4-9-16-10-8-15-7-5-6-13(11-15)12(2)14-3/h12-14H,4-11H2,1-3H3. The number of nitrogens with zero attached hydrogens (tertiary/aromatic N) is 1. The minimum atomic E-state index is 0.638. The van der Waals surface area contributed by atoms with E-state index in [1.165, 1.54) is 25.9 Å². The molecule has 1 aliphatic rings. The molecule has 1 N–H and O–H groups in total. The molecule has 0 amide bonds. The zero-order valence-electron chi connectivity index (χ0n) is 11.2. The maximum absolute atomic E-state index is 5.55. The van der Waals surface area contributed by atoms with Crippen LogP contribution in [0.3, 0.4) is 0 Å². The van der Waals surface area contributed by atoms with Gasteiger partial charge in [-0.2, -0.15) is 0 Å². The van der Waals surface area contributed by atoms with E-state index < -0.39 is 0 Å². The fourth-order valence-electron chi connectivity index (χ4n) is 2.38. The van der Waals surface area contributed by atoms with Gasteiger partial charge >= 0.3 is 0 Å². The largest absolute Gasteiger partial charge is 0.380 e. The molecule has 96 valence electrons. The van der Waals surface area contributed by atoms with Crippen LogP contribution in [0.1, 0.15) is 33.1 Å². The third-order valence-corrected chi connectivity index (χ3v) is 3.60. The number of nitrogens with one attached hydrogen (secondary N) is 1. The first-order valence-corrected chi connectivity index (χ1v) is 6.75. The Morgan fingerprint density at radius 3 is 2.94 bits per heavy atom. The predicted octanol–water partition coefficient (Wildman–Crippen LogP) is 1.73. The van der Waals surface area contributed by atoms with Crippen LogP contribution in [0.5, 0.6) is 0 Å². The molecule has 2 unspecified atom stereocenters. The third kappa shape index (κ3) is 4.81. The Morgan fingerprint density at radius 1 is 1.44 bits per heavy atom. The van der Waals surface area contributed by atoms with Crippen LogP contribution in [0.2, 0.25) is 0 Å². The molecule has 1 aliphatic heterocycles. The van der Waals surface area contributed by atoms with Gasteiger partial charge < -0.3 is 15.0 Å². The van der Waals surface area contributed by atoms with Gasteiger partial charge in [0, 0.05) is 25.7 Å². The van der Waals surface area contributed by atoms with Crippen molar-refractivity contribution >= 4 is 0 Å². The summed E-state index contributed by atoms with van der Waals surface area (Å²) in [6.07, 6.45) is 3.83. The first-order chi connectivity index (χ1) is 7.77. The highest BCUT2D eigenvalue weighted by atomic mass is 16.5. The van der Waals surface area contributed by atoms with E-state index in [0.717, 1.165) is 32.1 Å². The lowest BCUT2D eigenvalue weighted by atomic mass is 9.92. The summed E-state index contributed by atoms with van der Waals surface area (Å²) in [4.78, 5) is 2.55. The molecule has 1 fully saturated rings. The number of ether oxygens (including phenoxy) is 1. The Bertz CT molecular complexity index is 175. The lowest BCUT2D eigenvalue weighted by Gasteiger charge is -2.35. The van der Waals surface area contributed by atoms with Gasteiger partial charge in [0.25, 0.3) is 0 Å². The van der Waals surface area contributed by atoms with Crippen molar-refractivity contribution in [1.82, 2.24) is 10.2 Å². The van der Waals surface area contributed by atoms with E-state index >= 15 is 0 Å². The van der Waals surface area contributed by atoms with Crippen molar-refractivity contribution < 1.29 is 4.74 Å². The highest BCUT2D eigenvalue weighted by Crippen LogP contribution is 2.19. The van der Waals surface area contributed by atoms with Gasteiger partial charge in [-0.25, -0.2) is 0 Å². The van der Waals surface area contributed by atoms with Gasteiger partial charge in [-0.15, -0.1) is 0 Å². The van der Waals surface area contributed by atoms with Crippen molar-refractivity contribution in [1.29, 1.82) is 0 Å². The van der Waals surface area contributed by atoms with Gasteiger partial charge in [0.05, 0.1) is 6.61 Å². The second-order valence-electron chi connectivity index (χ2n) is 4.89. The summed E-state index contributed by atoms with van der Waals surface area (Å²) in [5, 5.41) is 3.37. The van der Waals surface area contributed by atoms with Gasteiger partial charge in [0.2, 0.25) is 0 Å². The third-order valence-electron chi connectivity index (χ3n) is 3.60. The summed E-state index contributed by atoms with van der Waals surface area (Å²) in [6.45, 7) is 9.85. The van der Waals surface area contributed by atoms with Crippen LogP contribution >= 0.6 is 0 Å². The highest BCUT2D eigenvalue weighted by Gasteiger charge is 2.23. The quantitative estimate of drug-likeness (QED) is 0.672. The smallest absolute Gasteiger partial charge is 0.0593 e. The van der Waals surface area contributed by atoms with E-state index in [-0.39, 0.29) is 0 Å². The molecule has 0 aromatic carbocycles. The van der Waals surface area contributed by atoms with Crippen molar-refractivity contribution in [2.75, 3.05) is 39.9 Å². The molecular formula is C13H28N2O. The van der Waals surface area contributed by atoms with Crippen LogP contribution in [0, 0.1) is 5.92 Å². The molecule has 0 radical (unpaired) electrons. The van der Waals surface area contributed by atoms with Gasteiger partial charge in [-0.1, -0.05) is 6.92 Å². The normalized spacial score (nSPS) is 24.6. The topological polar surface area (TPSA) is 24.5 Å². The second kappa shape index (κ2) is 8.04. The monoisotopic (exact) mass is 228 g/mol. The van der Waals surface area contributed by atoms with Crippen LogP contribution in [-0.2, 0) is 4.74 Å². The van der Waals surface area contributed by atoms with Crippen molar-refractivity contribution in [2.24, 2.45) is 5.92 Å². The second-order valence-corrected chi connectivity index (χ2v) is 4.89. The van der Waals surface area contributed by atoms with Crippen molar-refractivity contribution in [2.45, 2.75) is 39.2 Å². The number of piperidine rings is 1. The van der Waals surface area contributed by atoms with Crippen LogP contribution in [0.15, 0.2) is 0 Å². The zero-order valence-corrected chi connectivity index (χ0v) is 11.2. The molecule has 1 heterocycles. The minimum Gasteiger partial charge on any atom is -0.380 e. The fourth-order valence-corrected chi connectivity index (χ4v) is 2.38. The van der Waals surface area contributed by atoms with Crippen molar-refractivity contribution in [3.05, 3.63) is 0 Å². The molecule has 1 saturated heterocycles. The lowest BCUT2D eigenvalue weighted by Crippen LogP contribution is -2.44. The average molecular weight is 228 g/mol. The van der Waals surface area contributed by atoms with Crippen LogP contribution < -0.4 is 5.32 Å². The molecule has 0 saturated carbocycles. The van der Waals surface area contributed by atoms with Crippen LogP contribution in [0.4, 0.5) is 0 Å². The highest BCUT2D eigenvalue weighted by molar-refractivity contribution is 4.79. The average Bonchev–Trinajstić information content (AvgIpc) is 2.34. The number of rotatable bonds is 7. The van der Waals surface area contributed by atoms with E-state index in [0.29, 0.717) is 6.04 Å². The summed E-state index contributed by atoms with van der Waals surface area (Å²) in [5.74, 6) is 0.810. The van der Waals surface area contributed by atoms with Gasteiger partial charge in [0.15, 0.2) is 0 Å². The van der Waals surface area contributed by atoms with E-state index in [1.807, 2.05) is 0 Å². The molecule has 16 heavy (non-hydrogen) atoms. The molecule has 0 spiro atoms. The van der Waals surface area contributed by atoms with E-state index in [2.05, 4.69) is 31.1 Å². The van der Waals surface area contributed by atoms with Crippen LogP contribution in [-0.4, -0.2) is 50.8 Å². The van der Waals surface area contributed by atoms with E-state index in [4.69, 9.17) is 4.74 Å². The molecule has 1 rings (SSSR count). The van der Waals surface area contributed by atoms with Crippen molar-refractivity contribution in [3.63, 3.8) is 0 Å². The summed E-state index contributed by atoms with van der Waals surface area (Å²) >= 11 is 0. The zero-order chi connectivity index (χ0) is 11.8. The first-order valence-electron chi connectivity index (χ1n) is 6.75. The molecule has 0 bridgehead atoms. The maximum Gasteiger partial charge on any atom is 0.0593 e. The van der Waals surface area contributed by atoms with Crippen molar-refractivity contribution in [3.8, 4) is 0 Å². The summed E-state index contributed by atoms with van der Waals surface area (Å²) in [7, 11) is 2.06.